The van der Waals surface area contributed by atoms with Crippen LogP contribution in [0.1, 0.15) is 32.2 Å². The van der Waals surface area contributed by atoms with Gasteiger partial charge in [-0.25, -0.2) is 13.4 Å². The van der Waals surface area contributed by atoms with E-state index in [0.717, 1.165) is 12.8 Å². The maximum absolute atomic E-state index is 12.6. The average molecular weight is 404 g/mol. The Morgan fingerprint density at radius 3 is 2.75 bits per heavy atom. The monoisotopic (exact) mass is 403 g/mol. The van der Waals surface area contributed by atoms with Gasteiger partial charge in [-0.1, -0.05) is 12.1 Å². The molecule has 1 aromatic heterocycles. The predicted octanol–water partition coefficient (Wildman–Crippen LogP) is 1.80. The molecule has 2 N–H and O–H groups in total. The van der Waals surface area contributed by atoms with E-state index >= 15 is 0 Å². The van der Waals surface area contributed by atoms with E-state index in [9.17, 15) is 13.2 Å². The number of hydrogen-bond donors (Lipinski definition) is 2. The van der Waals surface area contributed by atoms with Crippen LogP contribution >= 0.6 is 0 Å². The van der Waals surface area contributed by atoms with E-state index in [4.69, 9.17) is 0 Å². The molecule has 0 unspecified atom stereocenters. The molecule has 1 amide bonds. The summed E-state index contributed by atoms with van der Waals surface area (Å²) in [6, 6.07) is 7.00. The third-order valence-electron chi connectivity index (χ3n) is 5.64. The Bertz CT molecular complexity index is 936. The van der Waals surface area contributed by atoms with Crippen molar-refractivity contribution in [1.82, 2.24) is 19.2 Å². The van der Waals surface area contributed by atoms with Crippen molar-refractivity contribution >= 4 is 21.6 Å². The van der Waals surface area contributed by atoms with Crippen molar-refractivity contribution in [2.45, 2.75) is 43.3 Å². The van der Waals surface area contributed by atoms with E-state index in [1.807, 2.05) is 28.7 Å². The number of likely N-dealkylation sites (tertiary alicyclic amines) is 1. The number of benzene rings is 1. The largest absolute Gasteiger partial charge is 0.368 e. The molecule has 0 bridgehead atoms. The van der Waals surface area contributed by atoms with Gasteiger partial charge in [-0.3, -0.25) is 4.79 Å². The molecular weight excluding hydrogens is 378 g/mol. The molecule has 1 fully saturated rings. The maximum Gasteiger partial charge on any atom is 0.244 e. The van der Waals surface area contributed by atoms with Crippen LogP contribution in [0.5, 0.6) is 0 Å². The molecule has 1 saturated heterocycles. The standard InChI is InChI=1S/C19H25N5O3S/c1-14(24-11-8-20-13-24)12-18(25)23-9-6-15(7-10-23)19-21-16-4-2-3-5-17(16)28(26,27)22-19/h2-5,8,11,13-15,19,21-22H,6-7,9-10,12H2,1H3/t14-,19+/m0/s1. The summed E-state index contributed by atoms with van der Waals surface area (Å²) in [5, 5.41) is 3.31. The van der Waals surface area contributed by atoms with Gasteiger partial charge in [0.25, 0.3) is 0 Å². The number of piperidine rings is 1. The molecule has 28 heavy (non-hydrogen) atoms. The lowest BCUT2D eigenvalue weighted by Crippen LogP contribution is -2.52. The number of nitrogens with one attached hydrogen (secondary N) is 2. The van der Waals surface area contributed by atoms with E-state index in [0.29, 0.717) is 25.2 Å². The minimum absolute atomic E-state index is 0.0658. The summed E-state index contributed by atoms with van der Waals surface area (Å²) >= 11 is 0. The van der Waals surface area contributed by atoms with Crippen LogP contribution in [-0.4, -0.2) is 48.0 Å². The first-order chi connectivity index (χ1) is 13.4. The molecular formula is C19H25N5O3S. The van der Waals surface area contributed by atoms with Gasteiger partial charge in [-0.15, -0.1) is 0 Å². The molecule has 8 nitrogen and oxygen atoms in total. The quantitative estimate of drug-likeness (QED) is 0.812. The molecule has 2 aliphatic rings. The summed E-state index contributed by atoms with van der Waals surface area (Å²) in [5.41, 5.74) is 0.638. The van der Waals surface area contributed by atoms with Gasteiger partial charge in [-0.2, -0.15) is 4.72 Å². The second kappa shape index (κ2) is 7.56. The fraction of sp³-hybridized carbons (Fsp3) is 0.474. The van der Waals surface area contributed by atoms with Gasteiger partial charge in [0.05, 0.1) is 18.2 Å². The van der Waals surface area contributed by atoms with Crippen LogP contribution in [0.4, 0.5) is 5.69 Å². The van der Waals surface area contributed by atoms with Gasteiger partial charge < -0.3 is 14.8 Å². The van der Waals surface area contributed by atoms with Crippen LogP contribution in [0.3, 0.4) is 0 Å². The Labute approximate surface area is 165 Å². The molecule has 9 heteroatoms. The Morgan fingerprint density at radius 2 is 2.04 bits per heavy atom. The number of nitrogens with zero attached hydrogens (tertiary/aromatic N) is 3. The Kier molecular flexibility index (Phi) is 5.11. The number of hydrogen-bond acceptors (Lipinski definition) is 5. The van der Waals surface area contributed by atoms with Gasteiger partial charge in [0.15, 0.2) is 0 Å². The lowest BCUT2D eigenvalue weighted by atomic mass is 9.93. The second-order valence-electron chi connectivity index (χ2n) is 7.52. The zero-order valence-corrected chi connectivity index (χ0v) is 16.6. The number of aromatic nitrogens is 2. The highest BCUT2D eigenvalue weighted by atomic mass is 32.2. The molecule has 3 heterocycles. The SMILES string of the molecule is C[C@@H](CC(=O)N1CCC([C@@H]2Nc3ccccc3S(=O)(=O)N2)CC1)n1ccnc1. The number of rotatable bonds is 4. The van der Waals surface area contributed by atoms with E-state index in [1.54, 1.807) is 30.7 Å². The van der Waals surface area contributed by atoms with Gasteiger partial charge >= 0.3 is 0 Å². The summed E-state index contributed by atoms with van der Waals surface area (Å²) in [5.74, 6) is 0.264. The lowest BCUT2D eigenvalue weighted by Gasteiger charge is -2.39. The molecule has 2 atom stereocenters. The molecule has 4 rings (SSSR count). The van der Waals surface area contributed by atoms with Crippen molar-refractivity contribution in [2.75, 3.05) is 18.4 Å². The fourth-order valence-electron chi connectivity index (χ4n) is 3.96. The van der Waals surface area contributed by atoms with Crippen LogP contribution in [0.2, 0.25) is 0 Å². The lowest BCUT2D eigenvalue weighted by molar-refractivity contribution is -0.133. The minimum atomic E-state index is -3.51. The number of sulfonamides is 1. The van der Waals surface area contributed by atoms with Crippen molar-refractivity contribution in [3.8, 4) is 0 Å². The van der Waals surface area contributed by atoms with E-state index in [1.165, 1.54) is 0 Å². The van der Waals surface area contributed by atoms with E-state index < -0.39 is 10.0 Å². The highest BCUT2D eigenvalue weighted by molar-refractivity contribution is 7.89. The summed E-state index contributed by atoms with van der Waals surface area (Å²) in [6.07, 6.45) is 6.90. The third kappa shape index (κ3) is 3.77. The van der Waals surface area contributed by atoms with Crippen molar-refractivity contribution in [2.24, 2.45) is 5.92 Å². The van der Waals surface area contributed by atoms with E-state index in [-0.39, 0.29) is 28.9 Å². The minimum Gasteiger partial charge on any atom is -0.368 e. The number of fused-ring (bicyclic) bond motifs is 1. The molecule has 0 spiro atoms. The average Bonchev–Trinajstić information content (AvgIpc) is 3.22. The summed E-state index contributed by atoms with van der Waals surface area (Å²) in [7, 11) is -3.51. The topological polar surface area (TPSA) is 96.3 Å². The predicted molar refractivity (Wildman–Crippen MR) is 105 cm³/mol. The van der Waals surface area contributed by atoms with Gasteiger partial charge in [-0.05, 0) is 37.8 Å². The Hall–Kier alpha value is -2.39. The first-order valence-electron chi connectivity index (χ1n) is 9.57. The second-order valence-corrected chi connectivity index (χ2v) is 9.20. The normalized spacial score (nSPS) is 22.9. The van der Waals surface area contributed by atoms with Crippen LogP contribution in [0.15, 0.2) is 47.9 Å². The smallest absolute Gasteiger partial charge is 0.244 e. The van der Waals surface area contributed by atoms with Crippen LogP contribution < -0.4 is 10.0 Å². The highest BCUT2D eigenvalue weighted by Gasteiger charge is 2.35. The van der Waals surface area contributed by atoms with Crippen LogP contribution in [0, 0.1) is 5.92 Å². The zero-order valence-electron chi connectivity index (χ0n) is 15.8. The van der Waals surface area contributed by atoms with Gasteiger partial charge in [0.1, 0.15) is 4.90 Å². The molecule has 0 saturated carbocycles. The van der Waals surface area contributed by atoms with Crippen LogP contribution in [-0.2, 0) is 14.8 Å². The van der Waals surface area contributed by atoms with E-state index in [2.05, 4.69) is 15.0 Å². The number of amides is 1. The Morgan fingerprint density at radius 1 is 1.29 bits per heavy atom. The molecule has 0 radical (unpaired) electrons. The number of carbonyl (C=O) groups is 1. The van der Waals surface area contributed by atoms with Crippen molar-refractivity contribution in [3.63, 3.8) is 0 Å². The number of anilines is 1. The number of carbonyl (C=O) groups excluding carboxylic acids is 1. The third-order valence-corrected chi connectivity index (χ3v) is 7.14. The summed E-state index contributed by atoms with van der Waals surface area (Å²) < 4.78 is 29.7. The molecule has 0 aliphatic carbocycles. The molecule has 2 aromatic rings. The number of imidazole rings is 1. The summed E-state index contributed by atoms with van der Waals surface area (Å²) in [6.45, 7) is 3.29. The highest BCUT2D eigenvalue weighted by Crippen LogP contribution is 2.31. The van der Waals surface area contributed by atoms with Crippen molar-refractivity contribution in [1.29, 1.82) is 0 Å². The van der Waals surface area contributed by atoms with Crippen molar-refractivity contribution < 1.29 is 13.2 Å². The first kappa shape index (κ1) is 18.9. The van der Waals surface area contributed by atoms with Gasteiger partial charge in [0, 0.05) is 37.9 Å². The summed E-state index contributed by atoms with van der Waals surface area (Å²) in [4.78, 5) is 18.8. The van der Waals surface area contributed by atoms with Crippen molar-refractivity contribution in [3.05, 3.63) is 43.0 Å². The maximum atomic E-state index is 12.6. The molecule has 2 aliphatic heterocycles. The first-order valence-corrected chi connectivity index (χ1v) is 11.1. The Balaban J connectivity index is 1.35. The molecule has 150 valence electrons. The molecule has 1 aromatic carbocycles. The number of para-hydroxylation sites is 1. The zero-order chi connectivity index (χ0) is 19.7. The fourth-order valence-corrected chi connectivity index (χ4v) is 5.35. The van der Waals surface area contributed by atoms with Crippen LogP contribution in [0.25, 0.3) is 0 Å². The van der Waals surface area contributed by atoms with Gasteiger partial charge in [0.2, 0.25) is 15.9 Å².